The van der Waals surface area contributed by atoms with Crippen molar-refractivity contribution in [3.05, 3.63) is 59.7 Å². The fourth-order valence-electron chi connectivity index (χ4n) is 4.05. The van der Waals surface area contributed by atoms with Crippen LogP contribution in [-0.2, 0) is 14.3 Å². The number of amides is 1. The van der Waals surface area contributed by atoms with E-state index < -0.39 is 11.8 Å². The van der Waals surface area contributed by atoms with E-state index in [4.69, 9.17) is 26.2 Å². The van der Waals surface area contributed by atoms with Gasteiger partial charge in [0.1, 0.15) is 23.7 Å². The minimum Gasteiger partial charge on any atom is -0.491 e. The zero-order chi connectivity index (χ0) is 30.5. The highest BCUT2D eigenvalue weighted by atomic mass is 35.5. The van der Waals surface area contributed by atoms with Gasteiger partial charge in [-0.1, -0.05) is 31.0 Å². The average molecular weight is 602 g/mol. The molecule has 0 aliphatic carbocycles. The van der Waals surface area contributed by atoms with Gasteiger partial charge < -0.3 is 30.1 Å². The van der Waals surface area contributed by atoms with Crippen molar-refractivity contribution < 1.29 is 28.6 Å². The Labute approximate surface area is 249 Å². The molecule has 1 atom stereocenters. The van der Waals surface area contributed by atoms with Gasteiger partial charge in [0.25, 0.3) is 0 Å². The molecule has 3 N–H and O–H groups in total. The zero-order valence-electron chi connectivity index (χ0n) is 24.0. The molecule has 226 valence electrons. The maximum atomic E-state index is 13.6. The van der Waals surface area contributed by atoms with Crippen LogP contribution in [0.1, 0.15) is 39.0 Å². The van der Waals surface area contributed by atoms with E-state index in [-0.39, 0.29) is 23.5 Å². The quantitative estimate of drug-likeness (QED) is 0.125. The maximum absolute atomic E-state index is 13.6. The van der Waals surface area contributed by atoms with Crippen molar-refractivity contribution >= 4 is 51.6 Å². The second-order valence-electron chi connectivity index (χ2n) is 9.93. The number of aromatic nitrogens is 2. The van der Waals surface area contributed by atoms with Crippen LogP contribution < -0.4 is 15.4 Å². The van der Waals surface area contributed by atoms with Crippen LogP contribution in [0.15, 0.2) is 48.8 Å². The number of fused-ring (bicyclic) bond motifs is 1. The first-order valence-corrected chi connectivity index (χ1v) is 14.1. The largest absolute Gasteiger partial charge is 0.491 e. The smallest absolute Gasteiger partial charge is 0.305 e. The lowest BCUT2D eigenvalue weighted by Crippen LogP contribution is -2.18. The predicted octanol–water partition coefficient (Wildman–Crippen LogP) is 6.04. The number of carbonyl (C=O) groups excluding carboxylic acids is 1. The molecule has 0 saturated heterocycles. The molecule has 2 aromatic carbocycles. The molecular weight excluding hydrogens is 565 g/mol. The van der Waals surface area contributed by atoms with Gasteiger partial charge in [-0.3, -0.25) is 9.59 Å². The first-order valence-electron chi connectivity index (χ1n) is 13.8. The molecule has 1 unspecified atom stereocenters. The Morgan fingerprint density at radius 3 is 2.67 bits per heavy atom. The van der Waals surface area contributed by atoms with Gasteiger partial charge in [-0.15, -0.1) is 0 Å². The first-order chi connectivity index (χ1) is 20.2. The molecule has 42 heavy (non-hydrogen) atoms. The number of hydrogen-bond donors (Lipinski definition) is 3. The number of nitrogens with zero attached hydrogens (tertiary/aromatic N) is 3. The highest BCUT2D eigenvalue weighted by Gasteiger charge is 2.15. The summed E-state index contributed by atoms with van der Waals surface area (Å²) in [7, 11) is 3.81. The number of benzene rings is 2. The van der Waals surface area contributed by atoms with Crippen molar-refractivity contribution in [2.24, 2.45) is 0 Å². The van der Waals surface area contributed by atoms with E-state index in [9.17, 15) is 14.0 Å². The van der Waals surface area contributed by atoms with E-state index in [1.165, 1.54) is 24.5 Å². The SMILES string of the molecule is CCCC(CC(=O)O)OCCCCOc1cc2ncnc(Nc3ccc(F)c(Cl)c3)c2cc1NC(=O)/C=C/CN(C)C. The van der Waals surface area contributed by atoms with Gasteiger partial charge >= 0.3 is 5.97 Å². The molecule has 1 aromatic heterocycles. The van der Waals surface area contributed by atoms with Crippen molar-refractivity contribution in [2.45, 2.75) is 45.1 Å². The zero-order valence-corrected chi connectivity index (χ0v) is 24.8. The molecule has 0 spiro atoms. The van der Waals surface area contributed by atoms with Gasteiger partial charge in [-0.25, -0.2) is 14.4 Å². The summed E-state index contributed by atoms with van der Waals surface area (Å²) in [5, 5.41) is 15.6. The summed E-state index contributed by atoms with van der Waals surface area (Å²) in [4.78, 5) is 34.4. The number of anilines is 3. The number of nitrogens with one attached hydrogen (secondary N) is 2. The number of unbranched alkanes of at least 4 members (excludes halogenated alkanes) is 1. The monoisotopic (exact) mass is 601 g/mol. The van der Waals surface area contributed by atoms with Crippen molar-refractivity contribution in [3.8, 4) is 5.75 Å². The standard InChI is InChI=1S/C30H37ClFN5O5/c1-4-8-21(16-29(39)40)41-13-5-6-14-42-27-18-25-22(17-26(27)36-28(38)9-7-12-37(2)3)30(34-19-33-25)35-20-10-11-24(32)23(31)15-20/h7,9-11,15,17-19,21H,4-6,8,12-14,16H2,1-3H3,(H,36,38)(H,39,40)(H,33,34,35)/b9-7+. The van der Waals surface area contributed by atoms with Crippen LogP contribution in [0, 0.1) is 5.82 Å². The predicted molar refractivity (Wildman–Crippen MR) is 162 cm³/mol. The number of aliphatic carboxylic acids is 1. The second-order valence-corrected chi connectivity index (χ2v) is 10.3. The molecule has 10 nitrogen and oxygen atoms in total. The number of halogens is 2. The van der Waals surface area contributed by atoms with E-state index in [1.807, 2.05) is 25.9 Å². The Kier molecular flexibility index (Phi) is 12.9. The molecule has 12 heteroatoms. The molecule has 0 aliphatic rings. The molecule has 0 aliphatic heterocycles. The van der Waals surface area contributed by atoms with Crippen LogP contribution in [-0.4, -0.2) is 71.8 Å². The topological polar surface area (TPSA) is 126 Å². The summed E-state index contributed by atoms with van der Waals surface area (Å²) >= 11 is 5.94. The summed E-state index contributed by atoms with van der Waals surface area (Å²) in [6.07, 6.45) is 7.16. The van der Waals surface area contributed by atoms with Crippen molar-refractivity contribution in [1.82, 2.24) is 14.9 Å². The third kappa shape index (κ3) is 10.6. The lowest BCUT2D eigenvalue weighted by Gasteiger charge is -2.16. The van der Waals surface area contributed by atoms with Crippen LogP contribution >= 0.6 is 11.6 Å². The van der Waals surface area contributed by atoms with Gasteiger partial charge in [0.05, 0.1) is 35.4 Å². The van der Waals surface area contributed by atoms with Gasteiger partial charge in [0.15, 0.2) is 0 Å². The van der Waals surface area contributed by atoms with Crippen LogP contribution in [0.4, 0.5) is 21.6 Å². The van der Waals surface area contributed by atoms with E-state index in [0.29, 0.717) is 72.9 Å². The maximum Gasteiger partial charge on any atom is 0.305 e. The van der Waals surface area contributed by atoms with E-state index in [1.54, 1.807) is 24.3 Å². The molecule has 0 bridgehead atoms. The fraction of sp³-hybridized carbons (Fsp3) is 0.400. The minimum absolute atomic E-state index is 0.0135. The molecule has 3 aromatic rings. The third-order valence-corrected chi connectivity index (χ3v) is 6.37. The number of ether oxygens (including phenoxy) is 2. The highest BCUT2D eigenvalue weighted by molar-refractivity contribution is 6.31. The van der Waals surface area contributed by atoms with Crippen molar-refractivity contribution in [3.63, 3.8) is 0 Å². The van der Waals surface area contributed by atoms with Crippen molar-refractivity contribution in [2.75, 3.05) is 44.5 Å². The van der Waals surface area contributed by atoms with Crippen LogP contribution in [0.2, 0.25) is 5.02 Å². The van der Waals surface area contributed by atoms with Gasteiger partial charge in [0, 0.05) is 36.4 Å². The van der Waals surface area contributed by atoms with E-state index in [0.717, 1.165) is 6.42 Å². The van der Waals surface area contributed by atoms with Crippen LogP contribution in [0.5, 0.6) is 5.75 Å². The summed E-state index contributed by atoms with van der Waals surface area (Å²) in [5.41, 5.74) is 1.53. The van der Waals surface area contributed by atoms with Gasteiger partial charge in [-0.2, -0.15) is 0 Å². The molecule has 0 radical (unpaired) electrons. The number of likely N-dealkylation sites (N-methyl/N-ethyl adjacent to an activating group) is 1. The molecule has 1 heterocycles. The molecule has 1 amide bonds. The second kappa shape index (κ2) is 16.6. The average Bonchev–Trinajstić information content (AvgIpc) is 2.92. The number of rotatable bonds is 17. The van der Waals surface area contributed by atoms with E-state index in [2.05, 4.69) is 20.6 Å². The summed E-state index contributed by atoms with van der Waals surface area (Å²) < 4.78 is 25.5. The van der Waals surface area contributed by atoms with Crippen LogP contribution in [0.3, 0.4) is 0 Å². The Bertz CT molecular complexity index is 1390. The number of carboxylic acids is 1. The lowest BCUT2D eigenvalue weighted by atomic mass is 10.1. The number of carboxylic acid groups (broad SMARTS) is 1. The lowest BCUT2D eigenvalue weighted by molar-refractivity contribution is -0.140. The first kappa shape index (κ1) is 32.7. The Balaban J connectivity index is 1.76. The Hall–Kier alpha value is -3.80. The third-order valence-electron chi connectivity index (χ3n) is 6.08. The molecule has 0 fully saturated rings. The molecular formula is C30H37ClFN5O5. The summed E-state index contributed by atoms with van der Waals surface area (Å²) in [6, 6.07) is 7.70. The van der Waals surface area contributed by atoms with E-state index >= 15 is 0 Å². The number of carbonyl (C=O) groups is 2. The Morgan fingerprint density at radius 1 is 1.17 bits per heavy atom. The number of hydrogen-bond acceptors (Lipinski definition) is 8. The minimum atomic E-state index is -0.872. The van der Waals surface area contributed by atoms with Crippen molar-refractivity contribution in [1.29, 1.82) is 0 Å². The fourth-order valence-corrected chi connectivity index (χ4v) is 4.23. The summed E-state index contributed by atoms with van der Waals surface area (Å²) in [6.45, 7) is 3.36. The molecule has 0 saturated carbocycles. The Morgan fingerprint density at radius 2 is 1.95 bits per heavy atom. The highest BCUT2D eigenvalue weighted by Crippen LogP contribution is 2.34. The molecule has 3 rings (SSSR count). The van der Waals surface area contributed by atoms with Gasteiger partial charge in [0.2, 0.25) is 5.91 Å². The van der Waals surface area contributed by atoms with Gasteiger partial charge in [-0.05, 0) is 57.6 Å². The normalized spacial score (nSPS) is 12.1. The summed E-state index contributed by atoms with van der Waals surface area (Å²) in [5.74, 6) is -0.860. The van der Waals surface area contributed by atoms with Crippen LogP contribution in [0.25, 0.3) is 10.9 Å².